The summed E-state index contributed by atoms with van der Waals surface area (Å²) in [6.07, 6.45) is 0. The molecular formula is C17H20N2O. The number of benzene rings is 2. The molecule has 0 aliphatic rings. The second-order valence-electron chi connectivity index (χ2n) is 4.97. The van der Waals surface area contributed by atoms with Crippen molar-refractivity contribution in [1.82, 2.24) is 5.32 Å². The molecule has 0 radical (unpaired) electrons. The summed E-state index contributed by atoms with van der Waals surface area (Å²) in [5, 5.41) is 2.97. The first kappa shape index (κ1) is 14.3. The number of hydrogen-bond donors (Lipinski definition) is 2. The molecule has 0 fully saturated rings. The molecule has 2 rings (SSSR count). The van der Waals surface area contributed by atoms with Crippen molar-refractivity contribution in [2.75, 3.05) is 0 Å². The lowest BCUT2D eigenvalue weighted by Crippen LogP contribution is -2.24. The highest BCUT2D eigenvalue weighted by Crippen LogP contribution is 2.13. The normalized spacial score (nSPS) is 10.3. The fourth-order valence-corrected chi connectivity index (χ4v) is 2.31. The van der Waals surface area contributed by atoms with Crippen molar-refractivity contribution in [2.24, 2.45) is 5.73 Å². The van der Waals surface area contributed by atoms with Crippen LogP contribution in [0.2, 0.25) is 0 Å². The van der Waals surface area contributed by atoms with Gasteiger partial charge in [-0.15, -0.1) is 0 Å². The first-order valence-corrected chi connectivity index (χ1v) is 6.74. The fraction of sp³-hybridized carbons (Fsp3) is 0.235. The van der Waals surface area contributed by atoms with Crippen LogP contribution in [0.25, 0.3) is 0 Å². The number of aryl methyl sites for hydroxylation is 2. The van der Waals surface area contributed by atoms with Gasteiger partial charge in [-0.1, -0.05) is 42.5 Å². The molecule has 3 heteroatoms. The molecule has 0 aliphatic carbocycles. The van der Waals surface area contributed by atoms with E-state index in [2.05, 4.69) is 5.32 Å². The van der Waals surface area contributed by atoms with Crippen LogP contribution in [0.4, 0.5) is 0 Å². The van der Waals surface area contributed by atoms with E-state index in [1.807, 2.05) is 56.3 Å². The van der Waals surface area contributed by atoms with Gasteiger partial charge in [0.05, 0.1) is 0 Å². The third-order valence-corrected chi connectivity index (χ3v) is 3.39. The Kier molecular flexibility index (Phi) is 4.53. The van der Waals surface area contributed by atoms with Crippen LogP contribution < -0.4 is 11.1 Å². The molecule has 3 nitrogen and oxygen atoms in total. The average Bonchev–Trinajstić information content (AvgIpc) is 2.45. The van der Waals surface area contributed by atoms with Crippen LogP contribution >= 0.6 is 0 Å². The number of hydrogen-bond acceptors (Lipinski definition) is 2. The van der Waals surface area contributed by atoms with Crippen molar-refractivity contribution in [3.05, 3.63) is 70.3 Å². The van der Waals surface area contributed by atoms with Gasteiger partial charge in [-0.2, -0.15) is 0 Å². The van der Waals surface area contributed by atoms with Gasteiger partial charge in [-0.05, 0) is 36.1 Å². The predicted octanol–water partition coefficient (Wildman–Crippen LogP) is 2.69. The van der Waals surface area contributed by atoms with Gasteiger partial charge in [0.15, 0.2) is 0 Å². The number of amides is 1. The van der Waals surface area contributed by atoms with E-state index in [1.165, 1.54) is 0 Å². The average molecular weight is 268 g/mol. The molecule has 0 spiro atoms. The van der Waals surface area contributed by atoms with Crippen LogP contribution in [0.1, 0.15) is 32.6 Å². The molecular weight excluding hydrogens is 248 g/mol. The second kappa shape index (κ2) is 6.35. The first-order valence-electron chi connectivity index (χ1n) is 6.74. The third-order valence-electron chi connectivity index (χ3n) is 3.39. The molecule has 2 aromatic rings. The number of nitrogens with one attached hydrogen (secondary N) is 1. The molecule has 0 unspecified atom stereocenters. The highest BCUT2D eigenvalue weighted by Gasteiger charge is 2.11. The fourth-order valence-electron chi connectivity index (χ4n) is 2.31. The van der Waals surface area contributed by atoms with E-state index < -0.39 is 0 Å². The van der Waals surface area contributed by atoms with Gasteiger partial charge in [0.1, 0.15) is 0 Å². The van der Waals surface area contributed by atoms with Crippen LogP contribution in [-0.4, -0.2) is 5.91 Å². The summed E-state index contributed by atoms with van der Waals surface area (Å²) in [6, 6.07) is 13.8. The summed E-state index contributed by atoms with van der Waals surface area (Å²) in [6.45, 7) is 4.94. The highest BCUT2D eigenvalue weighted by molar-refractivity contribution is 5.96. The Labute approximate surface area is 119 Å². The molecule has 2 aromatic carbocycles. The van der Waals surface area contributed by atoms with Crippen molar-refractivity contribution < 1.29 is 4.79 Å². The number of carbonyl (C=O) groups excluding carboxylic acids is 1. The standard InChI is InChI=1S/C17H20N2O/c1-12-5-3-6-13(2)16(12)17(20)19-11-15-8-4-7-14(9-15)10-18/h3-9H,10-11,18H2,1-2H3,(H,19,20). The van der Waals surface area contributed by atoms with E-state index >= 15 is 0 Å². The Balaban J connectivity index is 2.09. The largest absolute Gasteiger partial charge is 0.348 e. The maximum atomic E-state index is 12.3. The number of carbonyl (C=O) groups is 1. The zero-order chi connectivity index (χ0) is 14.5. The lowest BCUT2D eigenvalue weighted by Gasteiger charge is -2.11. The van der Waals surface area contributed by atoms with Gasteiger partial charge in [-0.3, -0.25) is 4.79 Å². The Bertz CT molecular complexity index is 600. The van der Waals surface area contributed by atoms with Crippen molar-refractivity contribution in [2.45, 2.75) is 26.9 Å². The zero-order valence-corrected chi connectivity index (χ0v) is 11.9. The van der Waals surface area contributed by atoms with Crippen LogP contribution in [0, 0.1) is 13.8 Å². The van der Waals surface area contributed by atoms with E-state index in [9.17, 15) is 4.79 Å². The smallest absolute Gasteiger partial charge is 0.252 e. The van der Waals surface area contributed by atoms with Gasteiger partial charge in [0.2, 0.25) is 0 Å². The van der Waals surface area contributed by atoms with Crippen LogP contribution in [0.3, 0.4) is 0 Å². The Morgan fingerprint density at radius 2 is 1.65 bits per heavy atom. The first-order chi connectivity index (χ1) is 9.61. The zero-order valence-electron chi connectivity index (χ0n) is 11.9. The maximum absolute atomic E-state index is 12.3. The molecule has 0 atom stereocenters. The van der Waals surface area contributed by atoms with Gasteiger partial charge in [0.25, 0.3) is 5.91 Å². The lowest BCUT2D eigenvalue weighted by molar-refractivity contribution is 0.0949. The van der Waals surface area contributed by atoms with Gasteiger partial charge in [0, 0.05) is 18.7 Å². The summed E-state index contributed by atoms with van der Waals surface area (Å²) in [5.41, 5.74) is 10.5. The molecule has 0 saturated heterocycles. The van der Waals surface area contributed by atoms with Crippen LogP contribution in [0.5, 0.6) is 0 Å². The van der Waals surface area contributed by atoms with Gasteiger partial charge < -0.3 is 11.1 Å². The molecule has 0 aromatic heterocycles. The highest BCUT2D eigenvalue weighted by atomic mass is 16.1. The predicted molar refractivity (Wildman–Crippen MR) is 81.4 cm³/mol. The Morgan fingerprint density at radius 1 is 1.05 bits per heavy atom. The van der Waals surface area contributed by atoms with Gasteiger partial charge in [-0.25, -0.2) is 0 Å². The summed E-state index contributed by atoms with van der Waals surface area (Å²) in [7, 11) is 0. The SMILES string of the molecule is Cc1cccc(C)c1C(=O)NCc1cccc(CN)c1. The quantitative estimate of drug-likeness (QED) is 0.895. The van der Waals surface area contributed by atoms with Crippen molar-refractivity contribution in [3.8, 4) is 0 Å². The van der Waals surface area contributed by atoms with Crippen LogP contribution in [-0.2, 0) is 13.1 Å². The minimum Gasteiger partial charge on any atom is -0.348 e. The lowest BCUT2D eigenvalue weighted by atomic mass is 10.0. The van der Waals surface area contributed by atoms with E-state index in [-0.39, 0.29) is 5.91 Å². The molecule has 0 saturated carbocycles. The van der Waals surface area contributed by atoms with E-state index in [0.717, 1.165) is 27.8 Å². The minimum absolute atomic E-state index is 0.0289. The molecule has 0 heterocycles. The van der Waals surface area contributed by atoms with E-state index in [0.29, 0.717) is 13.1 Å². The van der Waals surface area contributed by atoms with E-state index in [1.54, 1.807) is 0 Å². The number of rotatable bonds is 4. The van der Waals surface area contributed by atoms with Crippen molar-refractivity contribution in [1.29, 1.82) is 0 Å². The van der Waals surface area contributed by atoms with E-state index in [4.69, 9.17) is 5.73 Å². The van der Waals surface area contributed by atoms with Crippen LogP contribution in [0.15, 0.2) is 42.5 Å². The second-order valence-corrected chi connectivity index (χ2v) is 4.97. The number of nitrogens with two attached hydrogens (primary N) is 1. The molecule has 0 bridgehead atoms. The maximum Gasteiger partial charge on any atom is 0.252 e. The monoisotopic (exact) mass is 268 g/mol. The molecule has 0 aliphatic heterocycles. The van der Waals surface area contributed by atoms with Crippen molar-refractivity contribution >= 4 is 5.91 Å². The molecule has 3 N–H and O–H groups in total. The summed E-state index contributed by atoms with van der Waals surface area (Å²) < 4.78 is 0. The van der Waals surface area contributed by atoms with Gasteiger partial charge >= 0.3 is 0 Å². The topological polar surface area (TPSA) is 55.1 Å². The molecule has 20 heavy (non-hydrogen) atoms. The Hall–Kier alpha value is -2.13. The summed E-state index contributed by atoms with van der Waals surface area (Å²) in [4.78, 5) is 12.3. The molecule has 1 amide bonds. The van der Waals surface area contributed by atoms with Crippen molar-refractivity contribution in [3.63, 3.8) is 0 Å². The minimum atomic E-state index is -0.0289. The third kappa shape index (κ3) is 3.25. The molecule has 104 valence electrons. The Morgan fingerprint density at radius 3 is 2.30 bits per heavy atom. The summed E-state index contributed by atoms with van der Waals surface area (Å²) >= 11 is 0. The summed E-state index contributed by atoms with van der Waals surface area (Å²) in [5.74, 6) is -0.0289.